The Bertz CT molecular complexity index is 1460. The zero-order valence-electron chi connectivity index (χ0n) is 22.7. The molecule has 2 heterocycles. The molecule has 1 aromatic heterocycles. The topological polar surface area (TPSA) is 118 Å². The van der Waals surface area contributed by atoms with Crippen molar-refractivity contribution in [3.8, 4) is 0 Å². The highest BCUT2D eigenvalue weighted by atomic mass is 16.5. The predicted octanol–water partition coefficient (Wildman–Crippen LogP) is 2.64. The van der Waals surface area contributed by atoms with E-state index < -0.39 is 11.6 Å². The van der Waals surface area contributed by atoms with E-state index in [4.69, 9.17) is 4.74 Å². The molecule has 1 aliphatic heterocycles. The van der Waals surface area contributed by atoms with E-state index in [0.717, 1.165) is 32.5 Å². The quantitative estimate of drug-likeness (QED) is 0.434. The Kier molecular flexibility index (Phi) is 9.15. The summed E-state index contributed by atoms with van der Waals surface area (Å²) in [4.78, 5) is 55.4. The number of carbonyl (C=O) groups is 2. The van der Waals surface area contributed by atoms with Gasteiger partial charge in [-0.2, -0.15) is 0 Å². The lowest BCUT2D eigenvalue weighted by Crippen LogP contribution is -2.43. The molecule has 39 heavy (non-hydrogen) atoms. The minimum absolute atomic E-state index is 0.133. The predicted molar refractivity (Wildman–Crippen MR) is 152 cm³/mol. The third-order valence-electron chi connectivity index (χ3n) is 6.86. The molecular weight excluding hydrogens is 500 g/mol. The van der Waals surface area contributed by atoms with Crippen molar-refractivity contribution in [1.29, 1.82) is 0 Å². The van der Waals surface area contributed by atoms with Crippen LogP contribution in [0.1, 0.15) is 29.6 Å². The number of aromatic nitrogens is 2. The van der Waals surface area contributed by atoms with Gasteiger partial charge in [0.1, 0.15) is 0 Å². The number of methoxy groups -OCH3 is 1. The van der Waals surface area contributed by atoms with Crippen molar-refractivity contribution in [2.75, 3.05) is 58.1 Å². The number of benzene rings is 2. The van der Waals surface area contributed by atoms with Gasteiger partial charge in [0.2, 0.25) is 0 Å². The molecule has 0 aliphatic carbocycles. The van der Waals surface area contributed by atoms with Gasteiger partial charge in [-0.25, -0.2) is 9.59 Å². The van der Waals surface area contributed by atoms with Crippen LogP contribution in [0.5, 0.6) is 0 Å². The second-order valence-electron chi connectivity index (χ2n) is 9.88. The van der Waals surface area contributed by atoms with Gasteiger partial charge in [0.25, 0.3) is 11.5 Å². The number of hydrogen-bond acceptors (Lipinski definition) is 6. The molecule has 1 aliphatic rings. The van der Waals surface area contributed by atoms with Crippen molar-refractivity contribution in [1.82, 2.24) is 18.9 Å². The minimum Gasteiger partial charge on any atom is -0.383 e. The lowest BCUT2D eigenvalue weighted by Gasteiger charge is -2.27. The third-order valence-corrected chi connectivity index (χ3v) is 6.86. The summed E-state index contributed by atoms with van der Waals surface area (Å²) in [5.74, 6) is -0.176. The van der Waals surface area contributed by atoms with Crippen molar-refractivity contribution in [3.05, 3.63) is 68.9 Å². The number of nitrogens with one attached hydrogen (secondary N) is 2. The van der Waals surface area contributed by atoms with E-state index >= 15 is 0 Å². The standard InChI is InChI=1S/C28H36N6O5/c1-31(2)25(35)20-8-7-9-21(18-20)29-27(37)30-22-10-11-24-23(19-22)26(36)34(16-17-39-3)28(38)33(24)15-14-32-12-5-4-6-13-32/h7-11,18-19H,4-6,12-17H2,1-3H3,(H2,29,30,37). The number of nitrogens with zero attached hydrogens (tertiary/aromatic N) is 4. The number of piperidine rings is 1. The molecule has 4 rings (SSSR count). The van der Waals surface area contributed by atoms with E-state index in [1.54, 1.807) is 61.1 Å². The largest absolute Gasteiger partial charge is 0.383 e. The highest BCUT2D eigenvalue weighted by molar-refractivity contribution is 6.02. The SMILES string of the molecule is COCCn1c(=O)c2cc(NC(=O)Nc3cccc(C(=O)N(C)C)c3)ccc2n(CCN2CCCCC2)c1=O. The minimum atomic E-state index is -0.526. The first kappa shape index (κ1) is 28.1. The maximum absolute atomic E-state index is 13.3. The van der Waals surface area contributed by atoms with Crippen LogP contribution in [-0.4, -0.2) is 78.3 Å². The Morgan fingerprint density at radius 1 is 0.897 bits per heavy atom. The number of rotatable bonds is 9. The first-order valence-corrected chi connectivity index (χ1v) is 13.2. The van der Waals surface area contributed by atoms with Crippen LogP contribution in [0.15, 0.2) is 52.1 Å². The Labute approximate surface area is 227 Å². The number of likely N-dealkylation sites (tertiary alicyclic amines) is 1. The number of amides is 3. The molecular formula is C28H36N6O5. The average Bonchev–Trinajstić information content (AvgIpc) is 2.93. The van der Waals surface area contributed by atoms with Crippen LogP contribution >= 0.6 is 0 Å². The van der Waals surface area contributed by atoms with Gasteiger partial charge < -0.3 is 25.2 Å². The van der Waals surface area contributed by atoms with Crippen LogP contribution in [0.4, 0.5) is 16.2 Å². The Hall–Kier alpha value is -3.96. The highest BCUT2D eigenvalue weighted by Crippen LogP contribution is 2.18. The zero-order chi connectivity index (χ0) is 27.9. The van der Waals surface area contributed by atoms with E-state index in [1.165, 1.54) is 23.0 Å². The third kappa shape index (κ3) is 6.73. The van der Waals surface area contributed by atoms with Crippen LogP contribution in [-0.2, 0) is 17.8 Å². The van der Waals surface area contributed by atoms with Gasteiger partial charge in [-0.05, 0) is 62.3 Å². The number of urea groups is 1. The van der Waals surface area contributed by atoms with Crippen molar-refractivity contribution >= 4 is 34.2 Å². The van der Waals surface area contributed by atoms with Gasteiger partial charge in [0, 0.05) is 51.2 Å². The smallest absolute Gasteiger partial charge is 0.331 e. The molecule has 2 aromatic carbocycles. The number of hydrogen-bond donors (Lipinski definition) is 2. The number of anilines is 2. The van der Waals surface area contributed by atoms with Crippen LogP contribution in [0.3, 0.4) is 0 Å². The fourth-order valence-corrected chi connectivity index (χ4v) is 4.80. The molecule has 3 amide bonds. The molecule has 0 spiro atoms. The summed E-state index contributed by atoms with van der Waals surface area (Å²) in [5.41, 5.74) is 1.03. The molecule has 11 nitrogen and oxygen atoms in total. The summed E-state index contributed by atoms with van der Waals surface area (Å²) in [6, 6.07) is 11.1. The molecule has 0 saturated carbocycles. The fraction of sp³-hybridized carbons (Fsp3) is 0.429. The highest BCUT2D eigenvalue weighted by Gasteiger charge is 2.17. The van der Waals surface area contributed by atoms with Crippen molar-refractivity contribution < 1.29 is 14.3 Å². The molecule has 2 N–H and O–H groups in total. The van der Waals surface area contributed by atoms with Crippen LogP contribution in [0, 0.1) is 0 Å². The van der Waals surface area contributed by atoms with E-state index in [2.05, 4.69) is 15.5 Å². The van der Waals surface area contributed by atoms with Crippen molar-refractivity contribution in [2.45, 2.75) is 32.4 Å². The molecule has 0 atom stereocenters. The molecule has 11 heteroatoms. The Balaban J connectivity index is 1.59. The van der Waals surface area contributed by atoms with Gasteiger partial charge in [-0.15, -0.1) is 0 Å². The fourth-order valence-electron chi connectivity index (χ4n) is 4.80. The summed E-state index contributed by atoms with van der Waals surface area (Å²) in [5, 5.41) is 5.80. The molecule has 3 aromatic rings. The van der Waals surface area contributed by atoms with E-state index in [0.29, 0.717) is 34.4 Å². The summed E-state index contributed by atoms with van der Waals surface area (Å²) in [6.07, 6.45) is 3.52. The van der Waals surface area contributed by atoms with Gasteiger partial charge >= 0.3 is 11.7 Å². The molecule has 1 saturated heterocycles. The maximum Gasteiger partial charge on any atom is 0.331 e. The number of ether oxygens (including phenoxy) is 1. The number of fused-ring (bicyclic) bond motifs is 1. The Morgan fingerprint density at radius 2 is 1.62 bits per heavy atom. The summed E-state index contributed by atoms with van der Waals surface area (Å²) in [7, 11) is 4.84. The maximum atomic E-state index is 13.3. The summed E-state index contributed by atoms with van der Waals surface area (Å²) in [6.45, 7) is 3.54. The molecule has 208 valence electrons. The molecule has 0 unspecified atom stereocenters. The van der Waals surface area contributed by atoms with Crippen LogP contribution < -0.4 is 21.9 Å². The normalized spacial score (nSPS) is 13.8. The van der Waals surface area contributed by atoms with E-state index in [1.807, 2.05) is 0 Å². The van der Waals surface area contributed by atoms with Gasteiger partial charge in [-0.3, -0.25) is 18.7 Å². The van der Waals surface area contributed by atoms with Crippen molar-refractivity contribution in [2.24, 2.45) is 0 Å². The van der Waals surface area contributed by atoms with E-state index in [9.17, 15) is 19.2 Å². The zero-order valence-corrected chi connectivity index (χ0v) is 22.7. The molecule has 1 fully saturated rings. The lowest BCUT2D eigenvalue weighted by atomic mass is 10.1. The van der Waals surface area contributed by atoms with E-state index in [-0.39, 0.29) is 24.7 Å². The van der Waals surface area contributed by atoms with Crippen molar-refractivity contribution in [3.63, 3.8) is 0 Å². The lowest BCUT2D eigenvalue weighted by molar-refractivity contribution is 0.0827. The first-order chi connectivity index (χ1) is 18.8. The molecule has 0 radical (unpaired) electrons. The average molecular weight is 537 g/mol. The van der Waals surface area contributed by atoms with Crippen LogP contribution in [0.25, 0.3) is 10.9 Å². The second kappa shape index (κ2) is 12.7. The number of carbonyl (C=O) groups excluding carboxylic acids is 2. The van der Waals surface area contributed by atoms with Gasteiger partial charge in [0.15, 0.2) is 0 Å². The summed E-state index contributed by atoms with van der Waals surface area (Å²) >= 11 is 0. The van der Waals surface area contributed by atoms with Gasteiger partial charge in [-0.1, -0.05) is 12.5 Å². The first-order valence-electron chi connectivity index (χ1n) is 13.2. The van der Waals surface area contributed by atoms with Crippen LogP contribution in [0.2, 0.25) is 0 Å². The Morgan fingerprint density at radius 3 is 2.31 bits per heavy atom. The summed E-state index contributed by atoms with van der Waals surface area (Å²) < 4.78 is 7.96. The van der Waals surface area contributed by atoms with Gasteiger partial charge in [0.05, 0.1) is 24.1 Å². The molecule has 0 bridgehead atoms. The second-order valence-corrected chi connectivity index (χ2v) is 9.88. The monoisotopic (exact) mass is 536 g/mol.